The Bertz CT molecular complexity index is 1080. The molecule has 128 valence electrons. The maximum absolute atomic E-state index is 12.7. The van der Waals surface area contributed by atoms with Gasteiger partial charge in [0.05, 0.1) is 5.39 Å². The zero-order valence-electron chi connectivity index (χ0n) is 13.6. The standard InChI is InChI=1S/C17H16N4O4/c1-9-8-11(22)12(16(24)25-9)10-4-5-18-14-13(10)15(23)20-17(19-14)21-6-2-3-7-21/h4-5,8,22H,2-3,6-7H2,1H3,(H,18,19,20,23). The molecule has 0 atom stereocenters. The minimum absolute atomic E-state index is 0.0702. The van der Waals surface area contributed by atoms with Crippen molar-refractivity contribution in [3.05, 3.63) is 44.9 Å². The first kappa shape index (κ1) is 15.4. The summed E-state index contributed by atoms with van der Waals surface area (Å²) in [4.78, 5) is 38.2. The first-order chi connectivity index (χ1) is 12.0. The van der Waals surface area contributed by atoms with Crippen molar-refractivity contribution in [1.29, 1.82) is 0 Å². The molecule has 1 fully saturated rings. The Morgan fingerprint density at radius 3 is 2.76 bits per heavy atom. The Labute approximate surface area is 141 Å². The van der Waals surface area contributed by atoms with Crippen LogP contribution < -0.4 is 16.1 Å². The van der Waals surface area contributed by atoms with Crippen molar-refractivity contribution in [3.63, 3.8) is 0 Å². The number of pyridine rings is 1. The summed E-state index contributed by atoms with van der Waals surface area (Å²) in [6, 6.07) is 2.83. The fourth-order valence-corrected chi connectivity index (χ4v) is 3.18. The lowest BCUT2D eigenvalue weighted by Crippen LogP contribution is -2.24. The number of hydrogen-bond donors (Lipinski definition) is 2. The monoisotopic (exact) mass is 340 g/mol. The number of anilines is 1. The van der Waals surface area contributed by atoms with Gasteiger partial charge in [-0.05, 0) is 25.8 Å². The molecule has 1 aliphatic heterocycles. The fraction of sp³-hybridized carbons (Fsp3) is 0.294. The second-order valence-corrected chi connectivity index (χ2v) is 6.05. The van der Waals surface area contributed by atoms with Crippen molar-refractivity contribution in [2.75, 3.05) is 18.0 Å². The van der Waals surface area contributed by atoms with Gasteiger partial charge in [0.15, 0.2) is 5.65 Å². The number of rotatable bonds is 2. The number of aromatic amines is 1. The Hall–Kier alpha value is -3.16. The van der Waals surface area contributed by atoms with Crippen LogP contribution in [-0.4, -0.2) is 33.1 Å². The number of H-pyrrole nitrogens is 1. The van der Waals surface area contributed by atoms with Crippen molar-refractivity contribution < 1.29 is 9.52 Å². The van der Waals surface area contributed by atoms with Crippen LogP contribution in [0.1, 0.15) is 18.6 Å². The minimum Gasteiger partial charge on any atom is -0.507 e. The third-order valence-corrected chi connectivity index (χ3v) is 4.32. The van der Waals surface area contributed by atoms with E-state index in [4.69, 9.17) is 4.42 Å². The highest BCUT2D eigenvalue weighted by molar-refractivity contribution is 5.93. The third-order valence-electron chi connectivity index (χ3n) is 4.32. The summed E-state index contributed by atoms with van der Waals surface area (Å²) >= 11 is 0. The lowest BCUT2D eigenvalue weighted by molar-refractivity contribution is 0.438. The average molecular weight is 340 g/mol. The van der Waals surface area contributed by atoms with Crippen molar-refractivity contribution >= 4 is 17.0 Å². The van der Waals surface area contributed by atoms with Gasteiger partial charge in [0.25, 0.3) is 5.56 Å². The summed E-state index contributed by atoms with van der Waals surface area (Å²) < 4.78 is 5.06. The highest BCUT2D eigenvalue weighted by Crippen LogP contribution is 2.30. The van der Waals surface area contributed by atoms with Gasteiger partial charge in [-0.2, -0.15) is 4.98 Å². The van der Waals surface area contributed by atoms with E-state index in [2.05, 4.69) is 15.0 Å². The number of aromatic hydroxyl groups is 1. The molecule has 1 saturated heterocycles. The van der Waals surface area contributed by atoms with E-state index in [1.807, 2.05) is 4.90 Å². The van der Waals surface area contributed by atoms with E-state index in [0.717, 1.165) is 25.9 Å². The lowest BCUT2D eigenvalue weighted by atomic mass is 10.0. The van der Waals surface area contributed by atoms with Crippen molar-refractivity contribution in [2.45, 2.75) is 19.8 Å². The summed E-state index contributed by atoms with van der Waals surface area (Å²) in [5, 5.41) is 10.3. The van der Waals surface area contributed by atoms with E-state index < -0.39 is 11.2 Å². The molecule has 2 N–H and O–H groups in total. The van der Waals surface area contributed by atoms with Crippen LogP contribution in [-0.2, 0) is 0 Å². The van der Waals surface area contributed by atoms with Crippen molar-refractivity contribution in [1.82, 2.24) is 15.0 Å². The average Bonchev–Trinajstić information content (AvgIpc) is 3.08. The van der Waals surface area contributed by atoms with Crippen LogP contribution in [0.4, 0.5) is 5.95 Å². The van der Waals surface area contributed by atoms with Gasteiger partial charge in [0, 0.05) is 30.9 Å². The van der Waals surface area contributed by atoms with Gasteiger partial charge in [-0.3, -0.25) is 9.78 Å². The lowest BCUT2D eigenvalue weighted by Gasteiger charge is -2.16. The molecule has 4 heterocycles. The number of fused-ring (bicyclic) bond motifs is 1. The Morgan fingerprint density at radius 2 is 2.04 bits per heavy atom. The molecule has 0 aromatic carbocycles. The Balaban J connectivity index is 1.98. The smallest absolute Gasteiger partial charge is 0.347 e. The van der Waals surface area contributed by atoms with Crippen LogP contribution in [0.3, 0.4) is 0 Å². The largest absolute Gasteiger partial charge is 0.507 e. The van der Waals surface area contributed by atoms with E-state index in [9.17, 15) is 14.7 Å². The minimum atomic E-state index is -0.715. The second-order valence-electron chi connectivity index (χ2n) is 6.05. The second kappa shape index (κ2) is 5.73. The van der Waals surface area contributed by atoms with Gasteiger partial charge < -0.3 is 14.4 Å². The summed E-state index contributed by atoms with van der Waals surface area (Å²) in [5.41, 5.74) is -0.720. The van der Waals surface area contributed by atoms with Gasteiger partial charge in [-0.15, -0.1) is 0 Å². The molecule has 0 bridgehead atoms. The normalized spacial score (nSPS) is 14.4. The number of hydrogen-bond acceptors (Lipinski definition) is 7. The summed E-state index contributed by atoms with van der Waals surface area (Å²) in [5.74, 6) is 0.511. The molecule has 3 aromatic rings. The number of aryl methyl sites for hydroxylation is 1. The van der Waals surface area contributed by atoms with Crippen LogP contribution in [0, 0.1) is 6.92 Å². The van der Waals surface area contributed by atoms with E-state index in [0.29, 0.717) is 5.95 Å². The zero-order chi connectivity index (χ0) is 17.6. The first-order valence-electron chi connectivity index (χ1n) is 8.02. The Morgan fingerprint density at radius 1 is 1.28 bits per heavy atom. The number of nitrogens with one attached hydrogen (secondary N) is 1. The van der Waals surface area contributed by atoms with E-state index in [1.165, 1.54) is 18.3 Å². The van der Waals surface area contributed by atoms with Crippen LogP contribution in [0.25, 0.3) is 22.2 Å². The topological polar surface area (TPSA) is 112 Å². The van der Waals surface area contributed by atoms with Crippen LogP contribution in [0.5, 0.6) is 5.75 Å². The molecule has 8 heteroatoms. The van der Waals surface area contributed by atoms with Crippen LogP contribution >= 0.6 is 0 Å². The SMILES string of the molecule is Cc1cc(O)c(-c2ccnc3nc(N4CCCC4)[nH]c(=O)c23)c(=O)o1. The molecule has 8 nitrogen and oxygen atoms in total. The summed E-state index contributed by atoms with van der Waals surface area (Å²) in [6.07, 6.45) is 3.55. The molecule has 1 aliphatic rings. The molecule has 0 spiro atoms. The molecule has 0 radical (unpaired) electrons. The van der Waals surface area contributed by atoms with Gasteiger partial charge in [0.1, 0.15) is 17.1 Å². The molecular weight excluding hydrogens is 324 g/mol. The predicted molar refractivity (Wildman–Crippen MR) is 92.0 cm³/mol. The predicted octanol–water partition coefficient (Wildman–Crippen LogP) is 1.55. The molecule has 0 aliphatic carbocycles. The van der Waals surface area contributed by atoms with E-state index >= 15 is 0 Å². The molecule has 0 unspecified atom stereocenters. The van der Waals surface area contributed by atoms with Crippen molar-refractivity contribution in [3.8, 4) is 16.9 Å². The van der Waals surface area contributed by atoms with Gasteiger partial charge in [0.2, 0.25) is 5.95 Å². The first-order valence-corrected chi connectivity index (χ1v) is 8.02. The van der Waals surface area contributed by atoms with Gasteiger partial charge >= 0.3 is 5.63 Å². The summed E-state index contributed by atoms with van der Waals surface area (Å²) in [6.45, 7) is 3.22. The zero-order valence-corrected chi connectivity index (χ0v) is 13.6. The fourth-order valence-electron chi connectivity index (χ4n) is 3.18. The highest BCUT2D eigenvalue weighted by Gasteiger charge is 2.21. The van der Waals surface area contributed by atoms with E-state index in [1.54, 1.807) is 6.92 Å². The Kier molecular flexibility index (Phi) is 3.52. The van der Waals surface area contributed by atoms with Gasteiger partial charge in [-0.25, -0.2) is 9.78 Å². The molecule has 4 rings (SSSR count). The maximum Gasteiger partial charge on any atom is 0.347 e. The maximum atomic E-state index is 12.7. The summed E-state index contributed by atoms with van der Waals surface area (Å²) in [7, 11) is 0. The molecule has 0 saturated carbocycles. The third kappa shape index (κ3) is 2.55. The molecule has 3 aromatic heterocycles. The van der Waals surface area contributed by atoms with Crippen LogP contribution in [0.15, 0.2) is 32.3 Å². The highest BCUT2D eigenvalue weighted by atomic mass is 16.4. The van der Waals surface area contributed by atoms with Gasteiger partial charge in [-0.1, -0.05) is 0 Å². The van der Waals surface area contributed by atoms with E-state index in [-0.39, 0.29) is 33.7 Å². The van der Waals surface area contributed by atoms with Crippen molar-refractivity contribution in [2.24, 2.45) is 0 Å². The molecule has 25 heavy (non-hydrogen) atoms. The molecular formula is C17H16N4O4. The quantitative estimate of drug-likeness (QED) is 0.728. The number of nitrogens with zero attached hydrogens (tertiary/aromatic N) is 3. The number of aromatic nitrogens is 3. The van der Waals surface area contributed by atoms with Crippen LogP contribution in [0.2, 0.25) is 0 Å². The molecule has 0 amide bonds.